The van der Waals surface area contributed by atoms with Gasteiger partial charge in [0, 0.05) is 5.56 Å². The van der Waals surface area contributed by atoms with Crippen LogP contribution in [0.3, 0.4) is 0 Å². The van der Waals surface area contributed by atoms with Crippen molar-refractivity contribution in [2.24, 2.45) is 5.41 Å². The fraction of sp³-hybridized carbons (Fsp3) is 0.316. The van der Waals surface area contributed by atoms with Gasteiger partial charge in [-0.1, -0.05) is 43.7 Å². The minimum atomic E-state index is -4.50. The molecule has 0 atom stereocenters. The Labute approximate surface area is 156 Å². The summed E-state index contributed by atoms with van der Waals surface area (Å²) < 4.78 is 67.4. The SMILES string of the molecule is Cc1ccc(S(=O)(=O)OCC(C)(C)C(=O)c2ccc(C(F)(F)F)cc2)cc1. The zero-order valence-electron chi connectivity index (χ0n) is 15.0. The smallest absolute Gasteiger partial charge is 0.293 e. The second-order valence-corrected chi connectivity index (χ2v) is 8.43. The topological polar surface area (TPSA) is 60.4 Å². The minimum Gasteiger partial charge on any atom is -0.293 e. The normalized spacial score (nSPS) is 12.8. The monoisotopic (exact) mass is 400 g/mol. The predicted octanol–water partition coefficient (Wildman–Crippen LogP) is 4.63. The minimum absolute atomic E-state index is 0.0362. The Balaban J connectivity index is 2.13. The first kappa shape index (κ1) is 21.1. The lowest BCUT2D eigenvalue weighted by molar-refractivity contribution is -0.137. The van der Waals surface area contributed by atoms with E-state index in [9.17, 15) is 26.4 Å². The molecule has 2 aromatic rings. The van der Waals surface area contributed by atoms with Gasteiger partial charge in [-0.15, -0.1) is 0 Å². The molecule has 0 radical (unpaired) electrons. The van der Waals surface area contributed by atoms with E-state index >= 15 is 0 Å². The van der Waals surface area contributed by atoms with Gasteiger partial charge in [-0.05, 0) is 31.2 Å². The number of carbonyl (C=O) groups is 1. The van der Waals surface area contributed by atoms with E-state index in [1.165, 1.54) is 26.0 Å². The number of carbonyl (C=O) groups excluding carboxylic acids is 1. The summed E-state index contributed by atoms with van der Waals surface area (Å²) in [7, 11) is -4.05. The molecule has 0 aromatic heterocycles. The molecule has 2 rings (SSSR count). The second-order valence-electron chi connectivity index (χ2n) is 6.82. The summed E-state index contributed by atoms with van der Waals surface area (Å²) in [6.45, 7) is 4.31. The molecule has 0 saturated heterocycles. The van der Waals surface area contributed by atoms with Gasteiger partial charge in [0.05, 0.1) is 22.5 Å². The highest BCUT2D eigenvalue weighted by molar-refractivity contribution is 7.86. The van der Waals surface area contributed by atoms with Crippen LogP contribution in [0.1, 0.15) is 35.3 Å². The molecule has 0 amide bonds. The molecule has 0 aliphatic carbocycles. The highest BCUT2D eigenvalue weighted by Gasteiger charge is 2.33. The molecule has 146 valence electrons. The fourth-order valence-electron chi connectivity index (χ4n) is 2.26. The van der Waals surface area contributed by atoms with Gasteiger partial charge in [-0.25, -0.2) is 0 Å². The Bertz CT molecular complexity index is 913. The first-order valence-electron chi connectivity index (χ1n) is 8.01. The maximum absolute atomic E-state index is 12.6. The molecule has 0 saturated carbocycles. The van der Waals surface area contributed by atoms with Crippen LogP contribution in [-0.4, -0.2) is 20.8 Å². The van der Waals surface area contributed by atoms with Gasteiger partial charge in [-0.3, -0.25) is 8.98 Å². The van der Waals surface area contributed by atoms with Gasteiger partial charge >= 0.3 is 6.18 Å². The van der Waals surface area contributed by atoms with E-state index in [4.69, 9.17) is 4.18 Å². The maximum Gasteiger partial charge on any atom is 0.416 e. The number of aryl methyl sites for hydroxylation is 1. The van der Waals surface area contributed by atoms with Crippen molar-refractivity contribution in [1.82, 2.24) is 0 Å². The van der Waals surface area contributed by atoms with Gasteiger partial charge in [0.15, 0.2) is 5.78 Å². The van der Waals surface area contributed by atoms with E-state index in [1.54, 1.807) is 12.1 Å². The van der Waals surface area contributed by atoms with Crippen LogP contribution in [0.2, 0.25) is 0 Å². The van der Waals surface area contributed by atoms with Crippen LogP contribution in [0.4, 0.5) is 13.2 Å². The number of hydrogen-bond donors (Lipinski definition) is 0. The van der Waals surface area contributed by atoms with Crippen molar-refractivity contribution < 1.29 is 30.6 Å². The lowest BCUT2D eigenvalue weighted by Crippen LogP contribution is -2.31. The molecule has 0 aliphatic heterocycles. The largest absolute Gasteiger partial charge is 0.416 e. The van der Waals surface area contributed by atoms with Gasteiger partial charge in [0.2, 0.25) is 0 Å². The summed E-state index contributed by atoms with van der Waals surface area (Å²) in [5, 5.41) is 0. The quantitative estimate of drug-likeness (QED) is 0.524. The number of halogens is 3. The van der Waals surface area contributed by atoms with Crippen molar-refractivity contribution in [2.45, 2.75) is 31.8 Å². The molecule has 0 fully saturated rings. The summed E-state index contributed by atoms with van der Waals surface area (Å²) in [6, 6.07) is 9.80. The number of rotatable bonds is 6. The van der Waals surface area contributed by atoms with Crippen LogP contribution in [0, 0.1) is 12.3 Å². The number of Topliss-reactive ketones (excluding diaryl/α,β-unsaturated/α-hetero) is 1. The number of ketones is 1. The molecule has 0 N–H and O–H groups in total. The standard InChI is InChI=1S/C19H19F3O4S/c1-13-4-10-16(11-5-13)27(24,25)26-12-18(2,3)17(23)14-6-8-15(9-7-14)19(20,21)22/h4-11H,12H2,1-3H3. The third-order valence-electron chi connectivity index (χ3n) is 3.97. The average Bonchev–Trinajstić information content (AvgIpc) is 2.59. The lowest BCUT2D eigenvalue weighted by atomic mass is 9.85. The summed E-state index contributed by atoms with van der Waals surface area (Å²) in [6.07, 6.45) is -4.50. The number of hydrogen-bond acceptors (Lipinski definition) is 4. The number of alkyl halides is 3. The Morgan fingerprint density at radius 1 is 0.963 bits per heavy atom. The second kappa shape index (κ2) is 7.44. The third kappa shape index (κ3) is 5.17. The van der Waals surface area contributed by atoms with Gasteiger partial charge < -0.3 is 0 Å². The van der Waals surface area contributed by atoms with Crippen LogP contribution in [-0.2, 0) is 20.5 Å². The average molecular weight is 400 g/mol. The first-order chi connectivity index (χ1) is 12.3. The molecule has 0 spiro atoms. The van der Waals surface area contributed by atoms with E-state index < -0.39 is 39.7 Å². The zero-order valence-corrected chi connectivity index (χ0v) is 15.8. The van der Waals surface area contributed by atoms with E-state index in [2.05, 4.69) is 0 Å². The maximum atomic E-state index is 12.6. The van der Waals surface area contributed by atoms with Crippen LogP contribution < -0.4 is 0 Å². The van der Waals surface area contributed by atoms with E-state index in [0.717, 1.165) is 29.8 Å². The van der Waals surface area contributed by atoms with Crippen molar-refractivity contribution in [1.29, 1.82) is 0 Å². The molecule has 0 aliphatic rings. The van der Waals surface area contributed by atoms with Gasteiger partial charge in [0.25, 0.3) is 10.1 Å². The highest BCUT2D eigenvalue weighted by Crippen LogP contribution is 2.31. The first-order valence-corrected chi connectivity index (χ1v) is 9.42. The van der Waals surface area contributed by atoms with Crippen molar-refractivity contribution >= 4 is 15.9 Å². The van der Waals surface area contributed by atoms with Crippen LogP contribution in [0.25, 0.3) is 0 Å². The molecule has 0 bridgehead atoms. The van der Waals surface area contributed by atoms with Crippen LogP contribution in [0.5, 0.6) is 0 Å². The molecular formula is C19H19F3O4S. The molecule has 0 unspecified atom stereocenters. The van der Waals surface area contributed by atoms with E-state index in [0.29, 0.717) is 0 Å². The van der Waals surface area contributed by atoms with Crippen molar-refractivity contribution in [3.8, 4) is 0 Å². The van der Waals surface area contributed by atoms with E-state index in [1.807, 2.05) is 6.92 Å². The molecule has 27 heavy (non-hydrogen) atoms. The Morgan fingerprint density at radius 3 is 1.96 bits per heavy atom. The predicted molar refractivity (Wildman–Crippen MR) is 93.9 cm³/mol. The Kier molecular flexibility index (Phi) is 5.82. The molecule has 8 heteroatoms. The fourth-order valence-corrected chi connectivity index (χ4v) is 3.32. The highest BCUT2D eigenvalue weighted by atomic mass is 32.2. The molecule has 0 heterocycles. The molecule has 2 aromatic carbocycles. The molecular weight excluding hydrogens is 381 g/mol. The van der Waals surface area contributed by atoms with Gasteiger partial charge in [-0.2, -0.15) is 21.6 Å². The van der Waals surface area contributed by atoms with Crippen molar-refractivity contribution in [2.75, 3.05) is 6.61 Å². The Morgan fingerprint density at radius 2 is 1.48 bits per heavy atom. The van der Waals surface area contributed by atoms with Crippen LogP contribution >= 0.6 is 0 Å². The summed E-state index contributed by atoms with van der Waals surface area (Å²) in [4.78, 5) is 12.5. The summed E-state index contributed by atoms with van der Waals surface area (Å²) >= 11 is 0. The number of benzene rings is 2. The third-order valence-corrected chi connectivity index (χ3v) is 5.25. The van der Waals surface area contributed by atoms with Crippen LogP contribution in [0.15, 0.2) is 53.4 Å². The van der Waals surface area contributed by atoms with E-state index in [-0.39, 0.29) is 10.5 Å². The van der Waals surface area contributed by atoms with Gasteiger partial charge in [0.1, 0.15) is 0 Å². The van der Waals surface area contributed by atoms with Crippen molar-refractivity contribution in [3.05, 3.63) is 65.2 Å². The summed E-state index contributed by atoms with van der Waals surface area (Å²) in [5.41, 5.74) is -1.19. The lowest BCUT2D eigenvalue weighted by Gasteiger charge is -2.23. The zero-order chi connectivity index (χ0) is 20.5. The summed E-state index contributed by atoms with van der Waals surface area (Å²) in [5.74, 6) is -0.518. The Hall–Kier alpha value is -2.19. The molecule has 4 nitrogen and oxygen atoms in total. The van der Waals surface area contributed by atoms with Crippen molar-refractivity contribution in [3.63, 3.8) is 0 Å².